The summed E-state index contributed by atoms with van der Waals surface area (Å²) in [7, 11) is 0. The smallest absolute Gasteiger partial charge is 0.164 e. The number of rotatable bonds is 8. The highest BCUT2D eigenvalue weighted by atomic mass is 15.0. The van der Waals surface area contributed by atoms with E-state index in [0.717, 1.165) is 23.1 Å². The van der Waals surface area contributed by atoms with E-state index in [1.807, 2.05) is 36.4 Å². The lowest BCUT2D eigenvalue weighted by Crippen LogP contribution is -2.26. The Morgan fingerprint density at radius 2 is 0.814 bits per heavy atom. The van der Waals surface area contributed by atoms with Gasteiger partial charge in [0.05, 0.1) is 5.41 Å². The summed E-state index contributed by atoms with van der Waals surface area (Å²) in [6.07, 6.45) is 0.964. The summed E-state index contributed by atoms with van der Waals surface area (Å²) < 4.78 is 0. The van der Waals surface area contributed by atoms with Gasteiger partial charge in [-0.3, -0.25) is 0 Å². The summed E-state index contributed by atoms with van der Waals surface area (Å²) in [5.41, 5.74) is 16.8. The van der Waals surface area contributed by atoms with Crippen LogP contribution in [0.2, 0.25) is 0 Å². The van der Waals surface area contributed by atoms with Gasteiger partial charge < -0.3 is 0 Å². The van der Waals surface area contributed by atoms with Gasteiger partial charge >= 0.3 is 0 Å². The second kappa shape index (κ2) is 14.3. The molecular weight excluding hydrogens is 715 g/mol. The summed E-state index contributed by atoms with van der Waals surface area (Å²) in [5.74, 6) is 2.53. The topological polar surface area (TPSA) is 38.7 Å². The van der Waals surface area contributed by atoms with Gasteiger partial charge in [-0.05, 0) is 85.5 Å². The zero-order valence-corrected chi connectivity index (χ0v) is 32.8. The van der Waals surface area contributed by atoms with Crippen LogP contribution in [0.15, 0.2) is 206 Å². The van der Waals surface area contributed by atoms with Gasteiger partial charge in [-0.15, -0.1) is 0 Å². The Labute approximate surface area is 345 Å². The number of fused-ring (bicyclic) bond motifs is 10. The minimum absolute atomic E-state index is 0.254. The predicted octanol–water partition coefficient (Wildman–Crippen LogP) is 13.3. The number of hydrogen-bond donors (Lipinski definition) is 0. The second-order valence-corrected chi connectivity index (χ2v) is 15.9. The van der Waals surface area contributed by atoms with Crippen molar-refractivity contribution in [1.29, 1.82) is 0 Å². The van der Waals surface area contributed by atoms with Crippen LogP contribution in [0.3, 0.4) is 0 Å². The molecule has 0 saturated heterocycles. The molecule has 9 aromatic rings. The third-order valence-corrected chi connectivity index (χ3v) is 12.7. The van der Waals surface area contributed by atoms with Crippen molar-refractivity contribution in [2.45, 2.75) is 30.6 Å². The highest BCUT2D eigenvalue weighted by Gasteiger charge is 2.52. The zero-order chi connectivity index (χ0) is 39.3. The lowest BCUT2D eigenvalue weighted by Gasteiger charge is -2.32. The van der Waals surface area contributed by atoms with E-state index in [4.69, 9.17) is 15.0 Å². The average Bonchev–Trinajstić information content (AvgIpc) is 3.78. The number of hydrogen-bond acceptors (Lipinski definition) is 3. The van der Waals surface area contributed by atoms with Crippen LogP contribution in [0.4, 0.5) is 0 Å². The van der Waals surface area contributed by atoms with E-state index in [1.165, 1.54) is 61.2 Å². The zero-order valence-electron chi connectivity index (χ0n) is 32.8. The number of benzene rings is 8. The third kappa shape index (κ3) is 5.76. The van der Waals surface area contributed by atoms with E-state index in [2.05, 4.69) is 177 Å². The van der Waals surface area contributed by atoms with Gasteiger partial charge in [-0.2, -0.15) is 0 Å². The van der Waals surface area contributed by atoms with Gasteiger partial charge in [0, 0.05) is 16.7 Å². The Balaban J connectivity index is 1.12. The number of nitrogens with zero attached hydrogens (tertiary/aromatic N) is 3. The quantitative estimate of drug-likeness (QED) is 0.155. The first-order chi connectivity index (χ1) is 29.2. The second-order valence-electron chi connectivity index (χ2n) is 15.9. The van der Waals surface area contributed by atoms with Crippen LogP contribution in [-0.4, -0.2) is 15.0 Å². The SMILES string of the molecule is CC(c1ccc2c(c1)C1(c3ccccc3-c3ccccc31)c1cc(-c3nc(-c4ccccc4)nc(-c4ccccc4)n3)ccc1-2)C(Cc1ccccc1)c1ccccc1. The molecule has 11 rings (SSSR count). The molecule has 3 heteroatoms. The summed E-state index contributed by atoms with van der Waals surface area (Å²) in [4.78, 5) is 15.4. The van der Waals surface area contributed by atoms with Crippen LogP contribution in [0.5, 0.6) is 0 Å². The standard InChI is InChI=1S/C56H41N3/c1-37(48(39-20-8-3-9-21-39)34-38-18-6-2-7-19-38)42-30-32-46-47-33-31-43(55-58-53(40-22-10-4-11-23-40)57-54(59-55)41-24-12-5-13-25-41)36-52(47)56(51(46)35-42)49-28-16-14-26-44(49)45-27-15-17-29-50(45)56/h2-33,35-37,48H,34H2,1H3. The Morgan fingerprint density at radius 3 is 1.39 bits per heavy atom. The summed E-state index contributed by atoms with van der Waals surface area (Å²) in [5, 5.41) is 0. The molecule has 0 aliphatic heterocycles. The molecule has 2 aliphatic carbocycles. The number of aromatic nitrogens is 3. The Hall–Kier alpha value is -7.23. The van der Waals surface area contributed by atoms with Crippen molar-refractivity contribution in [2.75, 3.05) is 0 Å². The molecule has 0 bridgehead atoms. The van der Waals surface area contributed by atoms with Crippen LogP contribution < -0.4 is 0 Å². The van der Waals surface area contributed by atoms with Gasteiger partial charge in [-0.25, -0.2) is 15.0 Å². The first-order valence-corrected chi connectivity index (χ1v) is 20.6. The highest BCUT2D eigenvalue weighted by Crippen LogP contribution is 2.63. The monoisotopic (exact) mass is 755 g/mol. The Morgan fingerprint density at radius 1 is 0.373 bits per heavy atom. The largest absolute Gasteiger partial charge is 0.208 e. The maximum Gasteiger partial charge on any atom is 0.164 e. The predicted molar refractivity (Wildman–Crippen MR) is 240 cm³/mol. The molecule has 59 heavy (non-hydrogen) atoms. The minimum Gasteiger partial charge on any atom is -0.208 e. The van der Waals surface area contributed by atoms with Crippen molar-refractivity contribution < 1.29 is 0 Å². The molecule has 0 saturated carbocycles. The first kappa shape index (κ1) is 35.0. The fourth-order valence-corrected chi connectivity index (χ4v) is 9.90. The molecule has 2 atom stereocenters. The molecule has 3 nitrogen and oxygen atoms in total. The maximum absolute atomic E-state index is 5.18. The minimum atomic E-state index is -0.525. The van der Waals surface area contributed by atoms with Gasteiger partial charge in [0.1, 0.15) is 0 Å². The van der Waals surface area contributed by atoms with Crippen molar-refractivity contribution in [2.24, 2.45) is 0 Å². The molecule has 0 fully saturated rings. The van der Waals surface area contributed by atoms with Crippen molar-refractivity contribution >= 4 is 0 Å². The van der Waals surface area contributed by atoms with E-state index < -0.39 is 5.41 Å². The molecule has 0 N–H and O–H groups in total. The van der Waals surface area contributed by atoms with Crippen LogP contribution in [0, 0.1) is 0 Å². The lowest BCUT2D eigenvalue weighted by molar-refractivity contribution is 0.571. The van der Waals surface area contributed by atoms with E-state index >= 15 is 0 Å². The van der Waals surface area contributed by atoms with Crippen LogP contribution >= 0.6 is 0 Å². The Kier molecular flexibility index (Phi) is 8.48. The van der Waals surface area contributed by atoms with Crippen LogP contribution in [0.25, 0.3) is 56.4 Å². The summed E-state index contributed by atoms with van der Waals surface area (Å²) in [6.45, 7) is 2.42. The van der Waals surface area contributed by atoms with Crippen molar-refractivity contribution in [3.63, 3.8) is 0 Å². The molecule has 0 amide bonds. The van der Waals surface area contributed by atoms with E-state index in [9.17, 15) is 0 Å². The van der Waals surface area contributed by atoms with Crippen molar-refractivity contribution in [3.05, 3.63) is 245 Å². The Bertz CT molecular complexity index is 2870. The van der Waals surface area contributed by atoms with Crippen LogP contribution in [-0.2, 0) is 11.8 Å². The molecule has 1 aromatic heterocycles. The van der Waals surface area contributed by atoms with E-state index in [-0.39, 0.29) is 5.92 Å². The van der Waals surface area contributed by atoms with Gasteiger partial charge in [0.25, 0.3) is 0 Å². The normalized spacial score (nSPS) is 13.9. The van der Waals surface area contributed by atoms with E-state index in [0.29, 0.717) is 23.4 Å². The molecule has 0 radical (unpaired) electrons. The maximum atomic E-state index is 5.18. The average molecular weight is 756 g/mol. The molecule has 280 valence electrons. The van der Waals surface area contributed by atoms with Gasteiger partial charge in [0.2, 0.25) is 0 Å². The molecule has 8 aromatic carbocycles. The van der Waals surface area contributed by atoms with Crippen molar-refractivity contribution in [3.8, 4) is 56.4 Å². The molecule has 2 aliphatic rings. The fourth-order valence-electron chi connectivity index (χ4n) is 9.90. The molecule has 2 unspecified atom stereocenters. The molecule has 1 heterocycles. The summed E-state index contributed by atoms with van der Waals surface area (Å²) in [6, 6.07) is 74.7. The fraction of sp³-hybridized carbons (Fsp3) is 0.0893. The van der Waals surface area contributed by atoms with Crippen LogP contribution in [0.1, 0.15) is 57.7 Å². The molecule has 1 spiro atoms. The van der Waals surface area contributed by atoms with Crippen molar-refractivity contribution in [1.82, 2.24) is 15.0 Å². The van der Waals surface area contributed by atoms with Gasteiger partial charge in [-0.1, -0.05) is 207 Å². The third-order valence-electron chi connectivity index (χ3n) is 12.7. The lowest BCUT2D eigenvalue weighted by atomic mass is 9.69. The summed E-state index contributed by atoms with van der Waals surface area (Å²) >= 11 is 0. The van der Waals surface area contributed by atoms with Gasteiger partial charge in [0.15, 0.2) is 17.5 Å². The first-order valence-electron chi connectivity index (χ1n) is 20.6. The molecular formula is C56H41N3. The van der Waals surface area contributed by atoms with E-state index in [1.54, 1.807) is 0 Å². The highest BCUT2D eigenvalue weighted by molar-refractivity contribution is 5.96.